The van der Waals surface area contributed by atoms with Gasteiger partial charge in [-0.2, -0.15) is 0 Å². The molecule has 1 aromatic rings. The number of hydrogen-bond acceptors (Lipinski definition) is 2. The van der Waals surface area contributed by atoms with Gasteiger partial charge < -0.3 is 9.52 Å². The van der Waals surface area contributed by atoms with Crippen molar-refractivity contribution in [1.29, 1.82) is 0 Å². The van der Waals surface area contributed by atoms with E-state index < -0.39 is 0 Å². The van der Waals surface area contributed by atoms with E-state index in [0.29, 0.717) is 0 Å². The molecule has 1 aromatic heterocycles. The Bertz CT molecular complexity index is 142. The predicted octanol–water partition coefficient (Wildman–Crippen LogP) is 1.75. The van der Waals surface area contributed by atoms with Crippen molar-refractivity contribution >= 4 is 15.9 Å². The van der Waals surface area contributed by atoms with E-state index in [1.165, 1.54) is 12.3 Å². The fraction of sp³-hybridized carbons (Fsp3) is 0. The first-order valence-corrected chi connectivity index (χ1v) is 2.51. The van der Waals surface area contributed by atoms with E-state index >= 15 is 0 Å². The molecule has 0 bridgehead atoms. The minimum absolute atomic E-state index is 0.0631. The van der Waals surface area contributed by atoms with Crippen molar-refractivity contribution in [2.75, 3.05) is 0 Å². The summed E-state index contributed by atoms with van der Waals surface area (Å²) in [6, 6.07) is 1.47. The first kappa shape index (κ1) is 4.71. The molecule has 38 valence electrons. The molecule has 0 spiro atoms. The van der Waals surface area contributed by atoms with Crippen molar-refractivity contribution in [2.24, 2.45) is 0 Å². The van der Waals surface area contributed by atoms with Gasteiger partial charge in [0.2, 0.25) is 0 Å². The molecule has 0 atom stereocenters. The Kier molecular flexibility index (Phi) is 1.06. The van der Waals surface area contributed by atoms with Gasteiger partial charge in [0.1, 0.15) is 6.26 Å². The van der Waals surface area contributed by atoms with Crippen LogP contribution in [0, 0.1) is 0 Å². The minimum Gasteiger partial charge on any atom is -0.481 e. The standard InChI is InChI=1S/C4H3BrO2/c5-3-1-4(6)7-2-3/h1-2,6H. The van der Waals surface area contributed by atoms with E-state index in [0.717, 1.165) is 4.47 Å². The second kappa shape index (κ2) is 1.58. The molecular weight excluding hydrogens is 160 g/mol. The molecule has 0 aliphatic rings. The third-order valence-electron chi connectivity index (χ3n) is 0.554. The molecular formula is C4H3BrO2. The van der Waals surface area contributed by atoms with Crippen LogP contribution in [-0.2, 0) is 0 Å². The molecule has 0 saturated carbocycles. The van der Waals surface area contributed by atoms with E-state index in [2.05, 4.69) is 20.3 Å². The highest BCUT2D eigenvalue weighted by molar-refractivity contribution is 9.10. The highest BCUT2D eigenvalue weighted by atomic mass is 79.9. The Hall–Kier alpha value is -0.440. The molecule has 0 fully saturated rings. The summed E-state index contributed by atoms with van der Waals surface area (Å²) in [5.41, 5.74) is 0. The van der Waals surface area contributed by atoms with Crippen molar-refractivity contribution in [2.45, 2.75) is 0 Å². The molecule has 0 saturated heterocycles. The molecule has 0 amide bonds. The lowest BCUT2D eigenvalue weighted by Gasteiger charge is -1.69. The molecule has 2 nitrogen and oxygen atoms in total. The normalized spacial score (nSPS) is 9.29. The van der Waals surface area contributed by atoms with Gasteiger partial charge in [0.15, 0.2) is 0 Å². The molecule has 7 heavy (non-hydrogen) atoms. The summed E-state index contributed by atoms with van der Waals surface area (Å²) in [4.78, 5) is 0. The SMILES string of the molecule is Oc1cc(Br)co1. The summed E-state index contributed by atoms with van der Waals surface area (Å²) >= 11 is 3.08. The quantitative estimate of drug-likeness (QED) is 0.631. The van der Waals surface area contributed by atoms with Gasteiger partial charge in [0.05, 0.1) is 4.47 Å². The van der Waals surface area contributed by atoms with E-state index in [-0.39, 0.29) is 5.95 Å². The van der Waals surface area contributed by atoms with Crippen LogP contribution in [0.25, 0.3) is 0 Å². The first-order valence-electron chi connectivity index (χ1n) is 1.72. The monoisotopic (exact) mass is 162 g/mol. The van der Waals surface area contributed by atoms with E-state index in [4.69, 9.17) is 5.11 Å². The van der Waals surface area contributed by atoms with Crippen molar-refractivity contribution in [1.82, 2.24) is 0 Å². The van der Waals surface area contributed by atoms with Crippen LogP contribution in [0.5, 0.6) is 5.95 Å². The number of aromatic hydroxyl groups is 1. The fourth-order valence-electron chi connectivity index (χ4n) is 0.303. The highest BCUT2D eigenvalue weighted by Crippen LogP contribution is 2.17. The Morgan fingerprint density at radius 3 is 2.57 bits per heavy atom. The third kappa shape index (κ3) is 0.962. The number of halogens is 1. The number of rotatable bonds is 0. The third-order valence-corrected chi connectivity index (χ3v) is 0.969. The topological polar surface area (TPSA) is 33.4 Å². The van der Waals surface area contributed by atoms with Crippen molar-refractivity contribution < 1.29 is 9.52 Å². The summed E-state index contributed by atoms with van der Waals surface area (Å²) in [5.74, 6) is -0.0631. The van der Waals surface area contributed by atoms with E-state index in [1.807, 2.05) is 0 Å². The van der Waals surface area contributed by atoms with Gasteiger partial charge in [-0.3, -0.25) is 0 Å². The van der Waals surface area contributed by atoms with Crippen LogP contribution in [0.4, 0.5) is 0 Å². The molecule has 1 heterocycles. The van der Waals surface area contributed by atoms with Crippen molar-refractivity contribution in [3.63, 3.8) is 0 Å². The summed E-state index contributed by atoms with van der Waals surface area (Å²) < 4.78 is 5.23. The second-order valence-electron chi connectivity index (χ2n) is 1.10. The summed E-state index contributed by atoms with van der Waals surface area (Å²) in [6.45, 7) is 0. The Morgan fingerprint density at radius 2 is 2.43 bits per heavy atom. The lowest BCUT2D eigenvalue weighted by Crippen LogP contribution is -1.42. The van der Waals surface area contributed by atoms with Gasteiger partial charge in [-0.1, -0.05) is 0 Å². The first-order chi connectivity index (χ1) is 3.29. The molecule has 1 rings (SSSR count). The smallest absolute Gasteiger partial charge is 0.282 e. The van der Waals surface area contributed by atoms with Crippen LogP contribution >= 0.6 is 15.9 Å². The number of hydrogen-bond donors (Lipinski definition) is 1. The maximum absolute atomic E-state index is 8.46. The van der Waals surface area contributed by atoms with Crippen molar-refractivity contribution in [3.05, 3.63) is 16.8 Å². The fourth-order valence-corrected chi connectivity index (χ4v) is 0.592. The molecule has 1 N–H and O–H groups in total. The average molecular weight is 163 g/mol. The zero-order valence-electron chi connectivity index (χ0n) is 3.39. The second-order valence-corrected chi connectivity index (χ2v) is 2.02. The van der Waals surface area contributed by atoms with Crippen LogP contribution in [0.2, 0.25) is 0 Å². The molecule has 0 aliphatic carbocycles. The van der Waals surface area contributed by atoms with Gasteiger partial charge >= 0.3 is 0 Å². The predicted molar refractivity (Wildman–Crippen MR) is 28.1 cm³/mol. The zero-order chi connectivity index (χ0) is 5.28. The van der Waals surface area contributed by atoms with Crippen LogP contribution in [-0.4, -0.2) is 5.11 Å². The Morgan fingerprint density at radius 1 is 1.71 bits per heavy atom. The summed E-state index contributed by atoms with van der Waals surface area (Å²) in [5, 5.41) is 8.46. The Balaban J connectivity index is 3.04. The molecule has 0 aliphatic heterocycles. The molecule has 0 aromatic carbocycles. The van der Waals surface area contributed by atoms with Gasteiger partial charge in [-0.05, 0) is 15.9 Å². The molecule has 3 heteroatoms. The van der Waals surface area contributed by atoms with Crippen LogP contribution < -0.4 is 0 Å². The van der Waals surface area contributed by atoms with Gasteiger partial charge in [-0.25, -0.2) is 0 Å². The summed E-state index contributed by atoms with van der Waals surface area (Å²) in [7, 11) is 0. The summed E-state index contributed by atoms with van der Waals surface area (Å²) in [6.07, 6.45) is 1.41. The van der Waals surface area contributed by atoms with Crippen molar-refractivity contribution in [3.8, 4) is 5.95 Å². The highest BCUT2D eigenvalue weighted by Gasteiger charge is 1.90. The maximum atomic E-state index is 8.46. The maximum Gasteiger partial charge on any atom is 0.282 e. The zero-order valence-corrected chi connectivity index (χ0v) is 4.97. The molecule has 0 radical (unpaired) electrons. The average Bonchev–Trinajstić information content (AvgIpc) is 1.87. The van der Waals surface area contributed by atoms with Gasteiger partial charge in [-0.15, -0.1) is 0 Å². The minimum atomic E-state index is -0.0631. The van der Waals surface area contributed by atoms with Crippen LogP contribution in [0.15, 0.2) is 21.2 Å². The molecule has 0 unspecified atom stereocenters. The van der Waals surface area contributed by atoms with Gasteiger partial charge in [0, 0.05) is 6.07 Å². The van der Waals surface area contributed by atoms with Crippen LogP contribution in [0.3, 0.4) is 0 Å². The lowest BCUT2D eigenvalue weighted by atomic mass is 10.7. The number of furan rings is 1. The van der Waals surface area contributed by atoms with Gasteiger partial charge in [0.25, 0.3) is 5.95 Å². The Labute approximate surface area is 48.9 Å². The van der Waals surface area contributed by atoms with Crippen LogP contribution in [0.1, 0.15) is 0 Å². The van der Waals surface area contributed by atoms with E-state index in [1.54, 1.807) is 0 Å². The lowest BCUT2D eigenvalue weighted by molar-refractivity contribution is 0.332. The van der Waals surface area contributed by atoms with E-state index in [9.17, 15) is 0 Å². The largest absolute Gasteiger partial charge is 0.481 e.